The third-order valence-corrected chi connectivity index (χ3v) is 8.31. The van der Waals surface area contributed by atoms with Crippen LogP contribution in [0.15, 0.2) is 54.4 Å². The van der Waals surface area contributed by atoms with Gasteiger partial charge < -0.3 is 14.2 Å². The molecule has 1 aromatic carbocycles. The summed E-state index contributed by atoms with van der Waals surface area (Å²) >= 11 is 3.80. The summed E-state index contributed by atoms with van der Waals surface area (Å²) in [5.74, 6) is -0.282. The van der Waals surface area contributed by atoms with Crippen molar-refractivity contribution in [1.82, 2.24) is 9.47 Å². The first-order valence-electron chi connectivity index (χ1n) is 8.10. The molecule has 0 amide bonds. The Morgan fingerprint density at radius 3 is 2.68 bits per heavy atom. The average Bonchev–Trinajstić information content (AvgIpc) is 2.92. The second-order valence-electron chi connectivity index (χ2n) is 6.28. The summed E-state index contributed by atoms with van der Waals surface area (Å²) in [6, 6.07) is 10.7. The fraction of sp³-hybridized carbons (Fsp3) is 0.316. The molecule has 4 nitrogen and oxygen atoms in total. The van der Waals surface area contributed by atoms with Crippen LogP contribution in [0, 0.1) is 5.92 Å². The molecule has 1 saturated heterocycles. The van der Waals surface area contributed by atoms with E-state index in [1.165, 1.54) is 23.7 Å². The van der Waals surface area contributed by atoms with Crippen molar-refractivity contribution in [3.8, 4) is 0 Å². The Kier molecular flexibility index (Phi) is 4.12. The number of esters is 1. The molecular weight excluding hydrogens is 352 g/mol. The van der Waals surface area contributed by atoms with Crippen LogP contribution >= 0.6 is 23.5 Å². The van der Waals surface area contributed by atoms with E-state index in [1.54, 1.807) is 0 Å². The lowest BCUT2D eigenvalue weighted by atomic mass is 9.91. The Hall–Kier alpha value is -1.79. The molecule has 130 valence electrons. The average molecular weight is 373 g/mol. The van der Waals surface area contributed by atoms with Gasteiger partial charge in [0.2, 0.25) is 0 Å². The zero-order chi connectivity index (χ0) is 17.6. The van der Waals surface area contributed by atoms with Gasteiger partial charge in [0.05, 0.1) is 12.7 Å². The number of fused-ring (bicyclic) bond motifs is 1. The zero-order valence-corrected chi connectivity index (χ0v) is 16.1. The SMILES string of the molecule is COC(=O)C1=CN(C)C=CC1C1(c2cc3ccccc3n2C)SCS1. The number of allylic oxidation sites excluding steroid dienone is 1. The highest BCUT2D eigenvalue weighted by molar-refractivity contribution is 8.33. The Morgan fingerprint density at radius 2 is 2.04 bits per heavy atom. The largest absolute Gasteiger partial charge is 0.466 e. The summed E-state index contributed by atoms with van der Waals surface area (Å²) in [4.78, 5) is 14.3. The van der Waals surface area contributed by atoms with Crippen molar-refractivity contribution in [1.29, 1.82) is 0 Å². The van der Waals surface area contributed by atoms with E-state index in [1.807, 2.05) is 47.9 Å². The van der Waals surface area contributed by atoms with Crippen LogP contribution < -0.4 is 0 Å². The molecule has 1 aromatic heterocycles. The molecule has 0 bridgehead atoms. The van der Waals surface area contributed by atoms with Gasteiger partial charge in [-0.2, -0.15) is 0 Å². The van der Waals surface area contributed by atoms with Gasteiger partial charge >= 0.3 is 5.97 Å². The molecule has 3 heterocycles. The van der Waals surface area contributed by atoms with Crippen molar-refractivity contribution in [2.24, 2.45) is 13.0 Å². The predicted octanol–water partition coefficient (Wildman–Crippen LogP) is 3.90. The lowest BCUT2D eigenvalue weighted by molar-refractivity contribution is -0.136. The molecule has 25 heavy (non-hydrogen) atoms. The van der Waals surface area contributed by atoms with E-state index in [0.717, 1.165) is 5.08 Å². The maximum absolute atomic E-state index is 12.4. The van der Waals surface area contributed by atoms with E-state index >= 15 is 0 Å². The molecule has 0 radical (unpaired) electrons. The highest BCUT2D eigenvalue weighted by Gasteiger charge is 2.51. The van der Waals surface area contributed by atoms with Crippen molar-refractivity contribution < 1.29 is 9.53 Å². The second-order valence-corrected chi connectivity index (χ2v) is 9.35. The number of thioether (sulfide) groups is 2. The Morgan fingerprint density at radius 1 is 1.28 bits per heavy atom. The minimum atomic E-state index is -0.257. The van der Waals surface area contributed by atoms with Crippen molar-refractivity contribution in [2.45, 2.75) is 4.08 Å². The third-order valence-electron chi connectivity index (χ3n) is 4.88. The highest BCUT2D eigenvalue weighted by atomic mass is 32.3. The molecule has 2 aliphatic heterocycles. The summed E-state index contributed by atoms with van der Waals surface area (Å²) in [6.45, 7) is 0. The van der Waals surface area contributed by atoms with E-state index in [-0.39, 0.29) is 16.0 Å². The van der Waals surface area contributed by atoms with Crippen LogP contribution in [0.2, 0.25) is 0 Å². The zero-order valence-electron chi connectivity index (χ0n) is 14.4. The summed E-state index contributed by atoms with van der Waals surface area (Å²) in [5, 5.41) is 2.25. The second kappa shape index (κ2) is 6.18. The van der Waals surface area contributed by atoms with Crippen molar-refractivity contribution >= 4 is 40.4 Å². The van der Waals surface area contributed by atoms with Crippen LogP contribution in [0.3, 0.4) is 0 Å². The predicted molar refractivity (Wildman–Crippen MR) is 105 cm³/mol. The number of carbonyl (C=O) groups excluding carboxylic acids is 1. The van der Waals surface area contributed by atoms with Gasteiger partial charge in [-0.3, -0.25) is 0 Å². The number of carbonyl (C=O) groups is 1. The molecular formula is C19H20N2O2S2. The van der Waals surface area contributed by atoms with Crippen molar-refractivity contribution in [3.05, 3.63) is 60.1 Å². The molecule has 2 aromatic rings. The Balaban J connectivity index is 1.85. The van der Waals surface area contributed by atoms with Crippen molar-refractivity contribution in [3.63, 3.8) is 0 Å². The number of nitrogens with zero attached hydrogens (tertiary/aromatic N) is 2. The highest BCUT2D eigenvalue weighted by Crippen LogP contribution is 2.64. The topological polar surface area (TPSA) is 34.5 Å². The van der Waals surface area contributed by atoms with Crippen LogP contribution in [0.4, 0.5) is 0 Å². The number of methoxy groups -OCH3 is 1. The maximum Gasteiger partial charge on any atom is 0.335 e. The van der Waals surface area contributed by atoms with Gasteiger partial charge in [-0.15, -0.1) is 23.5 Å². The molecule has 0 aliphatic carbocycles. The van der Waals surface area contributed by atoms with E-state index in [9.17, 15) is 4.79 Å². The van der Waals surface area contributed by atoms with E-state index in [0.29, 0.717) is 5.57 Å². The van der Waals surface area contributed by atoms with Crippen LogP contribution in [-0.2, 0) is 20.7 Å². The molecule has 0 N–H and O–H groups in total. The van der Waals surface area contributed by atoms with E-state index in [2.05, 4.69) is 48.0 Å². The minimum absolute atomic E-state index is 0.0251. The quantitative estimate of drug-likeness (QED) is 0.764. The molecule has 4 rings (SSSR count). The summed E-state index contributed by atoms with van der Waals surface area (Å²) < 4.78 is 7.12. The number of hydrogen-bond donors (Lipinski definition) is 0. The molecule has 6 heteroatoms. The van der Waals surface area contributed by atoms with Crippen molar-refractivity contribution in [2.75, 3.05) is 19.2 Å². The Bertz CT molecular complexity index is 896. The third kappa shape index (κ3) is 2.50. The van der Waals surface area contributed by atoms with Crippen LogP contribution in [-0.4, -0.2) is 34.7 Å². The van der Waals surface area contributed by atoms with Gasteiger partial charge in [0.25, 0.3) is 0 Å². The number of para-hydroxylation sites is 1. The lowest BCUT2D eigenvalue weighted by Crippen LogP contribution is -2.40. The van der Waals surface area contributed by atoms with Gasteiger partial charge in [-0.1, -0.05) is 24.3 Å². The standard InChI is InChI=1S/C19H20N2O2S2/c1-20-9-8-15(14(11-20)18(22)23-3)19(24-12-25-19)17-10-13-6-4-5-7-16(13)21(17)2/h4-11,15H,12H2,1-3H3. The normalized spacial score (nSPS) is 21.8. The first kappa shape index (κ1) is 16.7. The number of ether oxygens (including phenoxy) is 1. The number of aromatic nitrogens is 1. The minimum Gasteiger partial charge on any atom is -0.466 e. The molecule has 1 unspecified atom stereocenters. The van der Waals surface area contributed by atoms with Gasteiger partial charge in [0, 0.05) is 42.5 Å². The number of aryl methyl sites for hydroxylation is 1. The van der Waals surface area contributed by atoms with Crippen LogP contribution in [0.1, 0.15) is 5.69 Å². The van der Waals surface area contributed by atoms with E-state index in [4.69, 9.17) is 4.74 Å². The van der Waals surface area contributed by atoms with Crippen LogP contribution in [0.5, 0.6) is 0 Å². The van der Waals surface area contributed by atoms with Gasteiger partial charge in [0.15, 0.2) is 0 Å². The van der Waals surface area contributed by atoms with Gasteiger partial charge in [-0.25, -0.2) is 4.79 Å². The van der Waals surface area contributed by atoms with Gasteiger partial charge in [0.1, 0.15) is 4.08 Å². The molecule has 1 fully saturated rings. The summed E-state index contributed by atoms with van der Waals surface area (Å²) in [6.07, 6.45) is 6.05. The monoisotopic (exact) mass is 372 g/mol. The lowest BCUT2D eigenvalue weighted by Gasteiger charge is -2.46. The summed E-state index contributed by atoms with van der Waals surface area (Å²) in [5.41, 5.74) is 3.16. The fourth-order valence-corrected chi connectivity index (χ4v) is 6.54. The first-order chi connectivity index (χ1) is 12.1. The maximum atomic E-state index is 12.4. The number of rotatable bonds is 3. The summed E-state index contributed by atoms with van der Waals surface area (Å²) in [7, 11) is 5.49. The first-order valence-corrected chi connectivity index (χ1v) is 10.1. The molecule has 2 aliphatic rings. The van der Waals surface area contributed by atoms with E-state index < -0.39 is 0 Å². The van der Waals surface area contributed by atoms with Crippen LogP contribution in [0.25, 0.3) is 10.9 Å². The number of benzene rings is 1. The molecule has 0 saturated carbocycles. The van der Waals surface area contributed by atoms with Gasteiger partial charge in [-0.05, 0) is 23.7 Å². The fourth-order valence-electron chi connectivity index (χ4n) is 3.59. The Labute approximate surface area is 155 Å². The number of hydrogen-bond acceptors (Lipinski definition) is 5. The molecule has 1 atom stereocenters. The smallest absolute Gasteiger partial charge is 0.335 e. The molecule has 0 spiro atoms.